The molecule has 2 N–H and O–H groups in total. The Balaban J connectivity index is 1.52. The summed E-state index contributed by atoms with van der Waals surface area (Å²) < 4.78 is 16.8. The lowest BCUT2D eigenvalue weighted by Gasteiger charge is -2.13. The maximum atomic E-state index is 5.66. The summed E-state index contributed by atoms with van der Waals surface area (Å²) in [7, 11) is 0. The Hall–Kier alpha value is -0.850. The predicted molar refractivity (Wildman–Crippen MR) is 87.4 cm³/mol. The first-order chi connectivity index (χ1) is 10.9. The van der Waals surface area contributed by atoms with Gasteiger partial charge in [-0.05, 0) is 39.0 Å². The van der Waals surface area contributed by atoms with E-state index in [1.807, 2.05) is 0 Å². The number of guanidine groups is 1. The van der Waals surface area contributed by atoms with Crippen LogP contribution in [0.15, 0.2) is 4.99 Å². The zero-order valence-corrected chi connectivity index (χ0v) is 13.8. The van der Waals surface area contributed by atoms with Crippen LogP contribution in [0.3, 0.4) is 0 Å². The van der Waals surface area contributed by atoms with Crippen LogP contribution in [0.5, 0.6) is 0 Å². The third kappa shape index (κ3) is 6.94. The van der Waals surface area contributed by atoms with Gasteiger partial charge in [0.1, 0.15) is 0 Å². The first kappa shape index (κ1) is 17.5. The maximum Gasteiger partial charge on any atom is 0.191 e. The molecule has 0 aliphatic carbocycles. The Morgan fingerprint density at radius 3 is 2.59 bits per heavy atom. The summed E-state index contributed by atoms with van der Waals surface area (Å²) in [6.45, 7) is 7.81. The molecular weight excluding hydrogens is 282 g/mol. The molecule has 2 heterocycles. The molecule has 2 rings (SSSR count). The molecule has 2 unspecified atom stereocenters. The van der Waals surface area contributed by atoms with E-state index in [0.29, 0.717) is 12.2 Å². The van der Waals surface area contributed by atoms with Crippen molar-refractivity contribution in [3.8, 4) is 0 Å². The molecule has 0 spiro atoms. The number of hydrogen-bond acceptors (Lipinski definition) is 4. The molecule has 128 valence electrons. The van der Waals surface area contributed by atoms with Crippen molar-refractivity contribution in [1.29, 1.82) is 0 Å². The quantitative estimate of drug-likeness (QED) is 0.382. The molecule has 0 saturated carbocycles. The molecule has 0 aromatic heterocycles. The molecule has 2 atom stereocenters. The molecule has 2 fully saturated rings. The Bertz CT molecular complexity index is 314. The number of ether oxygens (including phenoxy) is 3. The van der Waals surface area contributed by atoms with E-state index in [1.54, 1.807) is 0 Å². The summed E-state index contributed by atoms with van der Waals surface area (Å²) in [4.78, 5) is 4.58. The van der Waals surface area contributed by atoms with Gasteiger partial charge in [-0.1, -0.05) is 0 Å². The highest BCUT2D eigenvalue weighted by Gasteiger charge is 2.15. The highest BCUT2D eigenvalue weighted by molar-refractivity contribution is 5.79. The van der Waals surface area contributed by atoms with E-state index >= 15 is 0 Å². The Morgan fingerprint density at radius 2 is 1.91 bits per heavy atom. The number of aliphatic imine (C=N–C) groups is 1. The first-order valence-corrected chi connectivity index (χ1v) is 8.71. The Labute approximate surface area is 134 Å². The summed E-state index contributed by atoms with van der Waals surface area (Å²) >= 11 is 0. The minimum atomic E-state index is 0.296. The van der Waals surface area contributed by atoms with Crippen molar-refractivity contribution in [3.63, 3.8) is 0 Å². The molecule has 0 amide bonds. The zero-order valence-electron chi connectivity index (χ0n) is 13.8. The fourth-order valence-corrected chi connectivity index (χ4v) is 2.69. The first-order valence-electron chi connectivity index (χ1n) is 8.71. The van der Waals surface area contributed by atoms with E-state index in [2.05, 4.69) is 22.5 Å². The van der Waals surface area contributed by atoms with Crippen molar-refractivity contribution < 1.29 is 14.2 Å². The lowest BCUT2D eigenvalue weighted by molar-refractivity contribution is 0.0168. The van der Waals surface area contributed by atoms with Crippen LogP contribution >= 0.6 is 0 Å². The van der Waals surface area contributed by atoms with Gasteiger partial charge in [0.2, 0.25) is 0 Å². The van der Waals surface area contributed by atoms with Gasteiger partial charge in [0, 0.05) is 32.9 Å². The molecule has 6 nitrogen and oxygen atoms in total. The molecule has 0 bridgehead atoms. The van der Waals surface area contributed by atoms with Gasteiger partial charge in [0.05, 0.1) is 25.4 Å². The molecule has 2 aliphatic rings. The second-order valence-corrected chi connectivity index (χ2v) is 5.84. The molecule has 2 saturated heterocycles. The van der Waals surface area contributed by atoms with E-state index in [-0.39, 0.29) is 0 Å². The lowest BCUT2D eigenvalue weighted by Crippen LogP contribution is -2.38. The minimum Gasteiger partial charge on any atom is -0.379 e. The van der Waals surface area contributed by atoms with Crippen LogP contribution in [0.1, 0.15) is 39.0 Å². The van der Waals surface area contributed by atoms with Gasteiger partial charge < -0.3 is 24.8 Å². The maximum absolute atomic E-state index is 5.66. The number of nitrogens with one attached hydrogen (secondary N) is 2. The topological polar surface area (TPSA) is 64.1 Å². The van der Waals surface area contributed by atoms with Gasteiger partial charge in [0.15, 0.2) is 5.96 Å². The van der Waals surface area contributed by atoms with Crippen LogP contribution < -0.4 is 10.6 Å². The van der Waals surface area contributed by atoms with Gasteiger partial charge in [-0.3, -0.25) is 4.99 Å². The molecule has 0 aromatic carbocycles. The molecule has 6 heteroatoms. The second kappa shape index (κ2) is 10.8. The number of rotatable bonds is 9. The third-order valence-electron chi connectivity index (χ3n) is 3.91. The predicted octanol–water partition coefficient (Wildman–Crippen LogP) is 1.31. The average molecular weight is 313 g/mol. The van der Waals surface area contributed by atoms with Crippen LogP contribution in [0, 0.1) is 0 Å². The van der Waals surface area contributed by atoms with Crippen LogP contribution in [-0.4, -0.2) is 64.2 Å². The van der Waals surface area contributed by atoms with Crippen LogP contribution in [0.4, 0.5) is 0 Å². The van der Waals surface area contributed by atoms with Crippen LogP contribution in [-0.2, 0) is 14.2 Å². The smallest absolute Gasteiger partial charge is 0.191 e. The second-order valence-electron chi connectivity index (χ2n) is 5.84. The summed E-state index contributed by atoms with van der Waals surface area (Å²) in [6, 6.07) is 0. The largest absolute Gasteiger partial charge is 0.379 e. The fourth-order valence-electron chi connectivity index (χ4n) is 2.69. The molecule has 0 aromatic rings. The van der Waals surface area contributed by atoms with Gasteiger partial charge >= 0.3 is 0 Å². The van der Waals surface area contributed by atoms with E-state index in [1.165, 1.54) is 6.42 Å². The highest BCUT2D eigenvalue weighted by Crippen LogP contribution is 2.12. The summed E-state index contributed by atoms with van der Waals surface area (Å²) in [6.07, 6.45) is 6.17. The van der Waals surface area contributed by atoms with E-state index in [4.69, 9.17) is 14.2 Å². The summed E-state index contributed by atoms with van der Waals surface area (Å²) in [5, 5.41) is 6.61. The highest BCUT2D eigenvalue weighted by atomic mass is 16.5. The van der Waals surface area contributed by atoms with E-state index < -0.39 is 0 Å². The standard InChI is InChI=1S/C16H31N3O3/c1-2-17-16(19-12-14-6-3-10-21-14)18-8-5-9-20-13-15-7-4-11-22-15/h14-15H,2-13H2,1H3,(H2,17,18,19). The van der Waals surface area contributed by atoms with Crippen molar-refractivity contribution >= 4 is 5.96 Å². The molecular formula is C16H31N3O3. The zero-order chi connectivity index (χ0) is 15.5. The molecule has 2 aliphatic heterocycles. The van der Waals surface area contributed by atoms with Crippen molar-refractivity contribution in [1.82, 2.24) is 10.6 Å². The van der Waals surface area contributed by atoms with Gasteiger partial charge in [-0.25, -0.2) is 0 Å². The molecule has 0 radical (unpaired) electrons. The minimum absolute atomic E-state index is 0.296. The van der Waals surface area contributed by atoms with Crippen molar-refractivity contribution in [3.05, 3.63) is 0 Å². The van der Waals surface area contributed by atoms with Crippen LogP contribution in [0.25, 0.3) is 0 Å². The average Bonchev–Trinajstić information content (AvgIpc) is 3.21. The summed E-state index contributed by atoms with van der Waals surface area (Å²) in [5.41, 5.74) is 0. The summed E-state index contributed by atoms with van der Waals surface area (Å²) in [5.74, 6) is 0.872. The van der Waals surface area contributed by atoms with E-state index in [0.717, 1.165) is 77.7 Å². The monoisotopic (exact) mass is 313 g/mol. The van der Waals surface area contributed by atoms with Crippen LogP contribution in [0.2, 0.25) is 0 Å². The van der Waals surface area contributed by atoms with Gasteiger partial charge in [-0.2, -0.15) is 0 Å². The van der Waals surface area contributed by atoms with Crippen molar-refractivity contribution in [2.24, 2.45) is 4.99 Å². The number of hydrogen-bond donors (Lipinski definition) is 2. The Kier molecular flexibility index (Phi) is 8.60. The fraction of sp³-hybridized carbons (Fsp3) is 0.938. The third-order valence-corrected chi connectivity index (χ3v) is 3.91. The van der Waals surface area contributed by atoms with Gasteiger partial charge in [0.25, 0.3) is 0 Å². The molecule has 22 heavy (non-hydrogen) atoms. The van der Waals surface area contributed by atoms with Crippen molar-refractivity contribution in [2.45, 2.75) is 51.2 Å². The lowest BCUT2D eigenvalue weighted by atomic mass is 10.2. The Morgan fingerprint density at radius 1 is 1.14 bits per heavy atom. The SMILES string of the molecule is CCNC(=NCC1CCCO1)NCCCOCC1CCCO1. The van der Waals surface area contributed by atoms with Crippen molar-refractivity contribution in [2.75, 3.05) is 46.1 Å². The normalized spacial score (nSPS) is 25.6. The van der Waals surface area contributed by atoms with Gasteiger partial charge in [-0.15, -0.1) is 0 Å². The van der Waals surface area contributed by atoms with E-state index in [9.17, 15) is 0 Å². The number of nitrogens with zero attached hydrogens (tertiary/aromatic N) is 1.